The fourth-order valence-corrected chi connectivity index (χ4v) is 2.95. The van der Waals surface area contributed by atoms with Gasteiger partial charge in [0, 0.05) is 31.7 Å². The van der Waals surface area contributed by atoms with Crippen molar-refractivity contribution in [2.24, 2.45) is 5.92 Å². The smallest absolute Gasteiger partial charge is 0.228 e. The maximum absolute atomic E-state index is 12.6. The minimum absolute atomic E-state index is 0.0514. The van der Waals surface area contributed by atoms with Crippen molar-refractivity contribution in [3.8, 4) is 0 Å². The molecule has 0 spiro atoms. The van der Waals surface area contributed by atoms with Crippen LogP contribution in [0, 0.1) is 12.8 Å². The summed E-state index contributed by atoms with van der Waals surface area (Å²) in [6.45, 7) is 8.15. The van der Waals surface area contributed by atoms with Gasteiger partial charge in [0.15, 0.2) is 0 Å². The first-order chi connectivity index (χ1) is 10.6. The topological polar surface area (TPSA) is 40.6 Å². The molecule has 1 aromatic rings. The quantitative estimate of drug-likeness (QED) is 0.810. The average Bonchev–Trinajstić information content (AvgIpc) is 2.90. The predicted molar refractivity (Wildman–Crippen MR) is 88.8 cm³/mol. The Kier molecular flexibility index (Phi) is 5.58. The van der Waals surface area contributed by atoms with Gasteiger partial charge in [-0.3, -0.25) is 9.59 Å². The Balaban J connectivity index is 2.06. The Morgan fingerprint density at radius 1 is 1.36 bits per heavy atom. The summed E-state index contributed by atoms with van der Waals surface area (Å²) in [6.07, 6.45) is 2.42. The van der Waals surface area contributed by atoms with Crippen molar-refractivity contribution in [1.29, 1.82) is 0 Å². The first kappa shape index (κ1) is 16.5. The van der Waals surface area contributed by atoms with E-state index in [1.807, 2.05) is 43.0 Å². The highest BCUT2D eigenvalue weighted by Gasteiger charge is 2.36. The Morgan fingerprint density at radius 3 is 2.77 bits per heavy atom. The molecule has 0 aliphatic carbocycles. The number of amides is 2. The molecule has 120 valence electrons. The van der Waals surface area contributed by atoms with Crippen LogP contribution in [0.5, 0.6) is 0 Å². The number of hydrogen-bond acceptors (Lipinski definition) is 2. The Morgan fingerprint density at radius 2 is 2.14 bits per heavy atom. The predicted octanol–water partition coefficient (Wildman–Crippen LogP) is 3.00. The average molecular weight is 302 g/mol. The van der Waals surface area contributed by atoms with Gasteiger partial charge in [0.1, 0.15) is 0 Å². The van der Waals surface area contributed by atoms with Gasteiger partial charge in [-0.1, -0.05) is 25.5 Å². The number of nitrogens with zero attached hydrogens (tertiary/aromatic N) is 2. The number of carbonyl (C=O) groups excluding carboxylic acids is 2. The summed E-state index contributed by atoms with van der Waals surface area (Å²) in [6, 6.07) is 7.90. The summed E-state index contributed by atoms with van der Waals surface area (Å²) >= 11 is 0. The van der Waals surface area contributed by atoms with Crippen LogP contribution >= 0.6 is 0 Å². The Bertz CT molecular complexity index is 542. The van der Waals surface area contributed by atoms with Crippen molar-refractivity contribution >= 4 is 17.5 Å². The van der Waals surface area contributed by atoms with Crippen LogP contribution in [0.1, 0.15) is 38.7 Å². The van der Waals surface area contributed by atoms with E-state index in [9.17, 15) is 9.59 Å². The van der Waals surface area contributed by atoms with Crippen LogP contribution in [0.2, 0.25) is 0 Å². The van der Waals surface area contributed by atoms with Gasteiger partial charge >= 0.3 is 0 Å². The van der Waals surface area contributed by atoms with Crippen molar-refractivity contribution < 1.29 is 9.59 Å². The molecule has 1 aliphatic heterocycles. The lowest BCUT2D eigenvalue weighted by molar-refractivity contribution is -0.135. The van der Waals surface area contributed by atoms with E-state index in [0.717, 1.165) is 30.6 Å². The van der Waals surface area contributed by atoms with E-state index in [1.54, 1.807) is 4.90 Å². The molecule has 1 unspecified atom stereocenters. The summed E-state index contributed by atoms with van der Waals surface area (Å²) in [7, 11) is 0. The molecule has 1 aliphatic rings. The molecule has 0 N–H and O–H groups in total. The van der Waals surface area contributed by atoms with E-state index >= 15 is 0 Å². The molecule has 4 nitrogen and oxygen atoms in total. The summed E-state index contributed by atoms with van der Waals surface area (Å²) in [5.74, 6) is -0.0280. The lowest BCUT2D eigenvalue weighted by Crippen LogP contribution is -2.38. The number of unbranched alkanes of at least 4 members (excludes halogenated alkanes) is 1. The largest absolute Gasteiger partial charge is 0.343 e. The Labute approximate surface area is 133 Å². The number of hydrogen-bond donors (Lipinski definition) is 0. The zero-order valence-electron chi connectivity index (χ0n) is 13.8. The molecule has 2 amide bonds. The SMILES string of the molecule is CCCCN(CC)C(=O)C1CC(=O)N(c2cccc(C)c2)C1. The van der Waals surface area contributed by atoms with Crippen LogP contribution < -0.4 is 4.90 Å². The number of aryl methyl sites for hydroxylation is 1. The van der Waals surface area contributed by atoms with E-state index in [2.05, 4.69) is 6.92 Å². The normalized spacial score (nSPS) is 17.9. The van der Waals surface area contributed by atoms with Crippen molar-refractivity contribution in [3.05, 3.63) is 29.8 Å². The molecule has 4 heteroatoms. The van der Waals surface area contributed by atoms with Gasteiger partial charge in [-0.2, -0.15) is 0 Å². The molecular formula is C18H26N2O2. The lowest BCUT2D eigenvalue weighted by Gasteiger charge is -2.24. The van der Waals surface area contributed by atoms with E-state index in [0.29, 0.717) is 19.5 Å². The highest BCUT2D eigenvalue weighted by atomic mass is 16.2. The molecule has 22 heavy (non-hydrogen) atoms. The van der Waals surface area contributed by atoms with Gasteiger partial charge in [0.2, 0.25) is 11.8 Å². The van der Waals surface area contributed by atoms with Gasteiger partial charge in [-0.05, 0) is 38.0 Å². The molecular weight excluding hydrogens is 276 g/mol. The summed E-state index contributed by atoms with van der Waals surface area (Å²) < 4.78 is 0. The highest BCUT2D eigenvalue weighted by molar-refractivity contribution is 6.00. The lowest BCUT2D eigenvalue weighted by atomic mass is 10.1. The second-order valence-electron chi connectivity index (χ2n) is 6.02. The molecule has 0 saturated carbocycles. The van der Waals surface area contributed by atoms with E-state index in [4.69, 9.17) is 0 Å². The third-order valence-electron chi connectivity index (χ3n) is 4.26. The standard InChI is InChI=1S/C18H26N2O2/c1-4-6-10-19(5-2)18(22)15-12-17(21)20(13-15)16-9-7-8-14(3)11-16/h7-9,11,15H,4-6,10,12-13H2,1-3H3. The molecule has 1 saturated heterocycles. The minimum atomic E-state index is -0.204. The van der Waals surface area contributed by atoms with Gasteiger partial charge in [0.05, 0.1) is 5.92 Å². The zero-order valence-corrected chi connectivity index (χ0v) is 13.8. The molecule has 2 rings (SSSR count). The summed E-state index contributed by atoms with van der Waals surface area (Å²) in [5.41, 5.74) is 2.02. The summed E-state index contributed by atoms with van der Waals surface area (Å²) in [4.78, 5) is 28.5. The molecule has 1 atom stereocenters. The van der Waals surface area contributed by atoms with Crippen molar-refractivity contribution in [3.63, 3.8) is 0 Å². The van der Waals surface area contributed by atoms with Crippen LogP contribution in [0.4, 0.5) is 5.69 Å². The third-order valence-corrected chi connectivity index (χ3v) is 4.26. The molecule has 1 heterocycles. The first-order valence-electron chi connectivity index (χ1n) is 8.22. The Hall–Kier alpha value is -1.84. The molecule has 1 aromatic carbocycles. The number of anilines is 1. The van der Waals surface area contributed by atoms with Crippen LogP contribution in [0.3, 0.4) is 0 Å². The number of carbonyl (C=O) groups is 2. The van der Waals surface area contributed by atoms with Gasteiger partial charge < -0.3 is 9.80 Å². The monoisotopic (exact) mass is 302 g/mol. The number of rotatable bonds is 6. The van der Waals surface area contributed by atoms with Crippen LogP contribution in [0.25, 0.3) is 0 Å². The second kappa shape index (κ2) is 7.43. The molecule has 0 radical (unpaired) electrons. The zero-order chi connectivity index (χ0) is 16.1. The number of benzene rings is 1. The van der Waals surface area contributed by atoms with Crippen LogP contribution in [-0.4, -0.2) is 36.3 Å². The van der Waals surface area contributed by atoms with Gasteiger partial charge in [0.25, 0.3) is 0 Å². The molecule has 0 bridgehead atoms. The molecule has 0 aromatic heterocycles. The fourth-order valence-electron chi connectivity index (χ4n) is 2.95. The second-order valence-corrected chi connectivity index (χ2v) is 6.02. The highest BCUT2D eigenvalue weighted by Crippen LogP contribution is 2.27. The van der Waals surface area contributed by atoms with Gasteiger partial charge in [-0.15, -0.1) is 0 Å². The maximum Gasteiger partial charge on any atom is 0.228 e. The van der Waals surface area contributed by atoms with Gasteiger partial charge in [-0.25, -0.2) is 0 Å². The summed E-state index contributed by atoms with van der Waals surface area (Å²) in [5, 5.41) is 0. The van der Waals surface area contributed by atoms with Crippen molar-refractivity contribution in [2.75, 3.05) is 24.5 Å². The van der Waals surface area contributed by atoms with Crippen LogP contribution in [-0.2, 0) is 9.59 Å². The van der Waals surface area contributed by atoms with E-state index in [1.165, 1.54) is 0 Å². The third kappa shape index (κ3) is 3.67. The fraction of sp³-hybridized carbons (Fsp3) is 0.556. The molecule has 1 fully saturated rings. The van der Waals surface area contributed by atoms with E-state index in [-0.39, 0.29) is 17.7 Å². The minimum Gasteiger partial charge on any atom is -0.343 e. The van der Waals surface area contributed by atoms with Crippen LogP contribution in [0.15, 0.2) is 24.3 Å². The van der Waals surface area contributed by atoms with Crippen molar-refractivity contribution in [2.45, 2.75) is 40.0 Å². The van der Waals surface area contributed by atoms with Crippen molar-refractivity contribution in [1.82, 2.24) is 4.90 Å². The first-order valence-corrected chi connectivity index (χ1v) is 8.22. The maximum atomic E-state index is 12.6. The van der Waals surface area contributed by atoms with E-state index < -0.39 is 0 Å².